The summed E-state index contributed by atoms with van der Waals surface area (Å²) in [5.41, 5.74) is -0.168. The van der Waals surface area contributed by atoms with Gasteiger partial charge >= 0.3 is 6.18 Å². The fourth-order valence-corrected chi connectivity index (χ4v) is 4.61. The van der Waals surface area contributed by atoms with E-state index < -0.39 is 21.8 Å². The van der Waals surface area contributed by atoms with Gasteiger partial charge < -0.3 is 0 Å². The van der Waals surface area contributed by atoms with Gasteiger partial charge in [-0.25, -0.2) is 8.42 Å². The summed E-state index contributed by atoms with van der Waals surface area (Å²) in [6.07, 6.45) is -1.36. The molecular formula is C16H18F3N3O2S. The van der Waals surface area contributed by atoms with Gasteiger partial charge in [-0.3, -0.25) is 4.68 Å². The molecule has 1 aliphatic heterocycles. The van der Waals surface area contributed by atoms with Gasteiger partial charge in [0.2, 0.25) is 10.0 Å². The highest BCUT2D eigenvalue weighted by Crippen LogP contribution is 2.33. The van der Waals surface area contributed by atoms with Crippen molar-refractivity contribution in [3.63, 3.8) is 0 Å². The fourth-order valence-electron chi connectivity index (χ4n) is 3.03. The molecule has 0 spiro atoms. The van der Waals surface area contributed by atoms with E-state index in [2.05, 4.69) is 5.10 Å². The molecule has 5 nitrogen and oxygen atoms in total. The first-order valence-electron chi connectivity index (χ1n) is 7.85. The number of benzene rings is 1. The van der Waals surface area contributed by atoms with Crippen molar-refractivity contribution >= 4 is 10.0 Å². The molecule has 1 fully saturated rings. The van der Waals surface area contributed by atoms with E-state index >= 15 is 0 Å². The molecule has 9 heteroatoms. The van der Waals surface area contributed by atoms with Crippen molar-refractivity contribution < 1.29 is 21.6 Å². The van der Waals surface area contributed by atoms with Crippen LogP contribution in [0.3, 0.4) is 0 Å². The van der Waals surface area contributed by atoms with Gasteiger partial charge in [0.15, 0.2) is 0 Å². The van der Waals surface area contributed by atoms with Crippen molar-refractivity contribution in [2.75, 3.05) is 13.1 Å². The van der Waals surface area contributed by atoms with Crippen LogP contribution < -0.4 is 0 Å². The third-order valence-corrected chi connectivity index (χ3v) is 6.20. The van der Waals surface area contributed by atoms with E-state index in [0.29, 0.717) is 19.0 Å². The monoisotopic (exact) mass is 373 g/mol. The zero-order valence-electron chi connectivity index (χ0n) is 13.6. The van der Waals surface area contributed by atoms with Crippen LogP contribution in [-0.2, 0) is 23.2 Å². The smallest absolute Gasteiger partial charge is 0.276 e. The van der Waals surface area contributed by atoms with Gasteiger partial charge in [-0.15, -0.1) is 0 Å². The van der Waals surface area contributed by atoms with Crippen LogP contribution in [0.25, 0.3) is 0 Å². The highest BCUT2D eigenvalue weighted by Gasteiger charge is 2.35. The first-order chi connectivity index (χ1) is 11.7. The van der Waals surface area contributed by atoms with Crippen molar-refractivity contribution in [1.82, 2.24) is 14.1 Å². The first-order valence-corrected chi connectivity index (χ1v) is 9.29. The minimum absolute atomic E-state index is 0.0597. The summed E-state index contributed by atoms with van der Waals surface area (Å²) < 4.78 is 67.1. The molecule has 1 unspecified atom stereocenters. The average molecular weight is 373 g/mol. The lowest BCUT2D eigenvalue weighted by molar-refractivity contribution is -0.137. The molecule has 2 aromatic rings. The Kier molecular flexibility index (Phi) is 4.63. The number of piperidine rings is 1. The molecule has 136 valence electrons. The molecule has 0 N–H and O–H groups in total. The third kappa shape index (κ3) is 3.72. The van der Waals surface area contributed by atoms with Gasteiger partial charge in [-0.05, 0) is 37.1 Å². The molecule has 0 radical (unpaired) electrons. The summed E-state index contributed by atoms with van der Waals surface area (Å²) >= 11 is 0. The quantitative estimate of drug-likeness (QED) is 0.831. The number of halogens is 3. The summed E-state index contributed by atoms with van der Waals surface area (Å²) in [7, 11) is -2.20. The SMILES string of the molecule is Cn1ccc(C2CCCN(S(=O)(=O)c3cccc(C(F)(F)F)c3)C2)n1. The zero-order chi connectivity index (χ0) is 18.2. The Labute approximate surface area is 144 Å². The van der Waals surface area contributed by atoms with Gasteiger partial charge in [-0.1, -0.05) is 6.07 Å². The van der Waals surface area contributed by atoms with Crippen molar-refractivity contribution in [1.29, 1.82) is 0 Å². The predicted octanol–water partition coefficient (Wildman–Crippen LogP) is 3.01. The Balaban J connectivity index is 1.87. The maximum Gasteiger partial charge on any atom is 0.416 e. The Bertz CT molecular complexity index is 862. The van der Waals surface area contributed by atoms with Gasteiger partial charge in [-0.2, -0.15) is 22.6 Å². The molecule has 1 aromatic carbocycles. The molecule has 1 saturated heterocycles. The van der Waals surface area contributed by atoms with Crippen LogP contribution in [0.15, 0.2) is 41.4 Å². The molecule has 1 aliphatic rings. The van der Waals surface area contributed by atoms with Crippen LogP contribution in [0.2, 0.25) is 0 Å². The van der Waals surface area contributed by atoms with Crippen molar-refractivity contribution in [2.24, 2.45) is 7.05 Å². The number of aromatic nitrogens is 2. The second kappa shape index (κ2) is 6.45. The fraction of sp³-hybridized carbons (Fsp3) is 0.438. The summed E-state index contributed by atoms with van der Waals surface area (Å²) in [6.45, 7) is 0.511. The summed E-state index contributed by atoms with van der Waals surface area (Å²) in [5, 5.41) is 4.32. The maximum atomic E-state index is 12.9. The van der Waals surface area contributed by atoms with Crippen LogP contribution >= 0.6 is 0 Å². The van der Waals surface area contributed by atoms with Gasteiger partial charge in [0, 0.05) is 32.3 Å². The molecule has 1 aromatic heterocycles. The van der Waals surface area contributed by atoms with Crippen LogP contribution in [0, 0.1) is 0 Å². The molecular weight excluding hydrogens is 355 g/mol. The number of sulfonamides is 1. The maximum absolute atomic E-state index is 12.9. The van der Waals surface area contributed by atoms with E-state index in [-0.39, 0.29) is 17.4 Å². The van der Waals surface area contributed by atoms with E-state index in [1.807, 2.05) is 6.07 Å². The highest BCUT2D eigenvalue weighted by molar-refractivity contribution is 7.89. The molecule has 25 heavy (non-hydrogen) atoms. The number of aryl methyl sites for hydroxylation is 1. The van der Waals surface area contributed by atoms with Crippen molar-refractivity contribution in [3.8, 4) is 0 Å². The summed E-state index contributed by atoms with van der Waals surface area (Å²) in [5.74, 6) is -0.0597. The van der Waals surface area contributed by atoms with E-state index in [1.54, 1.807) is 17.9 Å². The minimum Gasteiger partial charge on any atom is -0.276 e. The van der Waals surface area contributed by atoms with Gasteiger partial charge in [0.25, 0.3) is 0 Å². The molecule has 0 bridgehead atoms. The molecule has 2 heterocycles. The molecule has 0 aliphatic carbocycles. The topological polar surface area (TPSA) is 55.2 Å². The van der Waals surface area contributed by atoms with Crippen LogP contribution in [-0.4, -0.2) is 35.6 Å². The Morgan fingerprint density at radius 1 is 1.24 bits per heavy atom. The Morgan fingerprint density at radius 2 is 2.00 bits per heavy atom. The third-order valence-electron chi connectivity index (χ3n) is 4.34. The summed E-state index contributed by atoms with van der Waals surface area (Å²) in [4.78, 5) is -0.330. The Morgan fingerprint density at radius 3 is 2.64 bits per heavy atom. The highest BCUT2D eigenvalue weighted by atomic mass is 32.2. The summed E-state index contributed by atoms with van der Waals surface area (Å²) in [6, 6.07) is 5.72. The first kappa shape index (κ1) is 17.9. The van der Waals surface area contributed by atoms with Crippen LogP contribution in [0.1, 0.15) is 30.0 Å². The average Bonchev–Trinajstić information content (AvgIpc) is 3.01. The number of hydrogen-bond acceptors (Lipinski definition) is 3. The van der Waals surface area contributed by atoms with Crippen molar-refractivity contribution in [2.45, 2.75) is 29.8 Å². The largest absolute Gasteiger partial charge is 0.416 e. The van der Waals surface area contributed by atoms with Crippen LogP contribution in [0.5, 0.6) is 0 Å². The van der Waals surface area contributed by atoms with Gasteiger partial charge in [0.05, 0.1) is 16.2 Å². The number of nitrogens with zero attached hydrogens (tertiary/aromatic N) is 3. The molecule has 3 rings (SSSR count). The van der Waals surface area contributed by atoms with E-state index in [1.165, 1.54) is 10.4 Å². The molecule has 0 amide bonds. The number of hydrogen-bond donors (Lipinski definition) is 0. The molecule has 0 saturated carbocycles. The Hall–Kier alpha value is -1.87. The van der Waals surface area contributed by atoms with E-state index in [0.717, 1.165) is 24.2 Å². The number of alkyl halides is 3. The lowest BCUT2D eigenvalue weighted by atomic mass is 9.96. The lowest BCUT2D eigenvalue weighted by Gasteiger charge is -2.31. The minimum atomic E-state index is -4.58. The second-order valence-corrected chi connectivity index (χ2v) is 8.08. The predicted molar refractivity (Wildman–Crippen MR) is 85.4 cm³/mol. The normalized spacial score (nSPS) is 19.9. The standard InChI is InChI=1S/C16H18F3N3O2S/c1-21-9-7-15(20-21)12-4-3-8-22(11-12)25(23,24)14-6-2-5-13(10-14)16(17,18)19/h2,5-7,9-10,12H,3-4,8,11H2,1H3. The molecule has 1 atom stereocenters. The van der Waals surface area contributed by atoms with E-state index in [4.69, 9.17) is 0 Å². The van der Waals surface area contributed by atoms with Crippen molar-refractivity contribution in [3.05, 3.63) is 47.8 Å². The van der Waals surface area contributed by atoms with E-state index in [9.17, 15) is 21.6 Å². The second-order valence-electron chi connectivity index (χ2n) is 6.14. The van der Waals surface area contributed by atoms with Gasteiger partial charge in [0.1, 0.15) is 0 Å². The lowest BCUT2D eigenvalue weighted by Crippen LogP contribution is -2.39. The van der Waals surface area contributed by atoms with Crippen LogP contribution in [0.4, 0.5) is 13.2 Å². The zero-order valence-corrected chi connectivity index (χ0v) is 14.4. The number of rotatable bonds is 3.